The number of rotatable bonds is 5. The van der Waals surface area contributed by atoms with E-state index in [0.29, 0.717) is 6.42 Å². The second-order valence-electron chi connectivity index (χ2n) is 5.86. The van der Waals surface area contributed by atoms with Crippen molar-refractivity contribution in [1.82, 2.24) is 5.32 Å². The largest absolute Gasteiger partial charge is 0.416 e. The maximum Gasteiger partial charge on any atom is 0.416 e. The van der Waals surface area contributed by atoms with Gasteiger partial charge in [-0.15, -0.1) is 0 Å². The molecule has 0 saturated heterocycles. The van der Waals surface area contributed by atoms with Crippen LogP contribution in [0.3, 0.4) is 0 Å². The standard InChI is InChI=1S/C15H20F3NO2/c1-10(2)8-14(3,21)9-19-13(20)11-5-4-6-12(7-11)15(16,17)18/h4-7,10,21H,8-9H2,1-3H3,(H,19,20). The molecule has 0 aliphatic carbocycles. The molecule has 3 nitrogen and oxygen atoms in total. The number of halogens is 3. The zero-order valence-electron chi connectivity index (χ0n) is 12.3. The Balaban J connectivity index is 2.73. The molecule has 1 rings (SSSR count). The fourth-order valence-electron chi connectivity index (χ4n) is 2.16. The molecule has 21 heavy (non-hydrogen) atoms. The Morgan fingerprint density at radius 1 is 1.33 bits per heavy atom. The molecule has 0 radical (unpaired) electrons. The van der Waals surface area contributed by atoms with E-state index in [2.05, 4.69) is 5.32 Å². The molecular formula is C15H20F3NO2. The number of benzene rings is 1. The van der Waals surface area contributed by atoms with Crippen molar-refractivity contribution >= 4 is 5.91 Å². The first-order chi connectivity index (χ1) is 9.51. The highest BCUT2D eigenvalue weighted by atomic mass is 19.4. The average Bonchev–Trinajstić information content (AvgIpc) is 2.33. The van der Waals surface area contributed by atoms with E-state index in [1.54, 1.807) is 6.92 Å². The zero-order valence-corrected chi connectivity index (χ0v) is 12.3. The van der Waals surface area contributed by atoms with E-state index >= 15 is 0 Å². The van der Waals surface area contributed by atoms with Gasteiger partial charge in [0.15, 0.2) is 0 Å². The Bertz CT molecular complexity index is 496. The van der Waals surface area contributed by atoms with E-state index < -0.39 is 23.2 Å². The van der Waals surface area contributed by atoms with Crippen LogP contribution in [-0.4, -0.2) is 23.2 Å². The van der Waals surface area contributed by atoms with E-state index in [4.69, 9.17) is 0 Å². The molecule has 0 aromatic heterocycles. The monoisotopic (exact) mass is 303 g/mol. The molecule has 1 atom stereocenters. The summed E-state index contributed by atoms with van der Waals surface area (Å²) >= 11 is 0. The minimum absolute atomic E-state index is 0.0136. The summed E-state index contributed by atoms with van der Waals surface area (Å²) < 4.78 is 37.7. The number of carbonyl (C=O) groups excluding carboxylic acids is 1. The number of carbonyl (C=O) groups is 1. The van der Waals surface area contributed by atoms with E-state index in [-0.39, 0.29) is 18.0 Å². The maximum absolute atomic E-state index is 12.6. The van der Waals surface area contributed by atoms with Gasteiger partial charge < -0.3 is 10.4 Å². The van der Waals surface area contributed by atoms with Gasteiger partial charge in [0.25, 0.3) is 5.91 Å². The highest BCUT2D eigenvalue weighted by molar-refractivity contribution is 5.94. The number of nitrogens with one attached hydrogen (secondary N) is 1. The Labute approximate surface area is 122 Å². The number of amides is 1. The molecule has 6 heteroatoms. The van der Waals surface area contributed by atoms with Gasteiger partial charge in [-0.2, -0.15) is 13.2 Å². The third-order valence-electron chi connectivity index (χ3n) is 2.93. The molecule has 1 aromatic rings. The predicted molar refractivity (Wildman–Crippen MR) is 73.9 cm³/mol. The fraction of sp³-hybridized carbons (Fsp3) is 0.533. The lowest BCUT2D eigenvalue weighted by Crippen LogP contribution is -2.41. The second kappa shape index (κ2) is 6.47. The van der Waals surface area contributed by atoms with Gasteiger partial charge in [0.1, 0.15) is 0 Å². The third-order valence-corrected chi connectivity index (χ3v) is 2.93. The van der Waals surface area contributed by atoms with Crippen LogP contribution in [0.15, 0.2) is 24.3 Å². The molecule has 0 fully saturated rings. The summed E-state index contributed by atoms with van der Waals surface area (Å²) in [5.74, 6) is -0.393. The SMILES string of the molecule is CC(C)CC(C)(O)CNC(=O)c1cccc(C(F)(F)F)c1. The molecule has 0 heterocycles. The predicted octanol–water partition coefficient (Wildman–Crippen LogP) is 3.23. The second-order valence-corrected chi connectivity index (χ2v) is 5.86. The summed E-state index contributed by atoms with van der Waals surface area (Å²) in [4.78, 5) is 11.9. The van der Waals surface area contributed by atoms with E-state index in [9.17, 15) is 23.1 Å². The number of hydrogen-bond donors (Lipinski definition) is 2. The quantitative estimate of drug-likeness (QED) is 0.877. The Hall–Kier alpha value is -1.56. The van der Waals surface area contributed by atoms with Crippen LogP contribution in [-0.2, 0) is 6.18 Å². The van der Waals surface area contributed by atoms with Gasteiger partial charge in [-0.25, -0.2) is 0 Å². The van der Waals surface area contributed by atoms with E-state index in [1.807, 2.05) is 13.8 Å². The van der Waals surface area contributed by atoms with E-state index in [1.165, 1.54) is 12.1 Å². The molecule has 0 saturated carbocycles. The normalized spacial score (nSPS) is 14.9. The third kappa shape index (κ3) is 5.75. The lowest BCUT2D eigenvalue weighted by Gasteiger charge is -2.25. The molecule has 2 N–H and O–H groups in total. The first-order valence-corrected chi connectivity index (χ1v) is 6.69. The zero-order chi connectivity index (χ0) is 16.3. The molecule has 0 aliphatic heterocycles. The minimum atomic E-state index is -4.49. The summed E-state index contributed by atoms with van der Waals surface area (Å²) in [5.41, 5.74) is -2.04. The molecule has 0 spiro atoms. The van der Waals surface area contributed by atoms with Crippen LogP contribution in [0, 0.1) is 5.92 Å². The smallest absolute Gasteiger partial charge is 0.388 e. The van der Waals surface area contributed by atoms with Gasteiger partial charge in [0.05, 0.1) is 11.2 Å². The number of hydrogen-bond acceptors (Lipinski definition) is 2. The summed E-state index contributed by atoms with van der Waals surface area (Å²) in [6.07, 6.45) is -4.00. The summed E-state index contributed by atoms with van der Waals surface area (Å²) in [5, 5.41) is 12.5. The minimum Gasteiger partial charge on any atom is -0.388 e. The topological polar surface area (TPSA) is 49.3 Å². The maximum atomic E-state index is 12.6. The van der Waals surface area contributed by atoms with Gasteiger partial charge >= 0.3 is 6.18 Å². The highest BCUT2D eigenvalue weighted by Gasteiger charge is 2.31. The van der Waals surface area contributed by atoms with Gasteiger partial charge in [0.2, 0.25) is 0 Å². The van der Waals surface area contributed by atoms with Crippen LogP contribution >= 0.6 is 0 Å². The number of alkyl halides is 3. The van der Waals surface area contributed by atoms with Crippen LogP contribution in [0.5, 0.6) is 0 Å². The lowest BCUT2D eigenvalue weighted by molar-refractivity contribution is -0.137. The van der Waals surface area contributed by atoms with Crippen molar-refractivity contribution in [1.29, 1.82) is 0 Å². The molecule has 1 unspecified atom stereocenters. The summed E-state index contributed by atoms with van der Waals surface area (Å²) in [6.45, 7) is 5.44. The summed E-state index contributed by atoms with van der Waals surface area (Å²) in [6, 6.07) is 4.20. The Morgan fingerprint density at radius 2 is 1.95 bits per heavy atom. The van der Waals surface area contributed by atoms with Crippen molar-refractivity contribution in [2.45, 2.75) is 39.0 Å². The van der Waals surface area contributed by atoms with Crippen molar-refractivity contribution in [3.8, 4) is 0 Å². The van der Waals surface area contributed by atoms with Gasteiger partial charge in [-0.05, 0) is 37.5 Å². The van der Waals surface area contributed by atoms with Crippen molar-refractivity contribution in [2.24, 2.45) is 5.92 Å². The van der Waals surface area contributed by atoms with Crippen LogP contribution in [0.25, 0.3) is 0 Å². The molecule has 118 valence electrons. The van der Waals surface area contributed by atoms with Crippen LogP contribution < -0.4 is 5.32 Å². The lowest BCUT2D eigenvalue weighted by atomic mass is 9.94. The van der Waals surface area contributed by atoms with Gasteiger partial charge in [-0.1, -0.05) is 19.9 Å². The molecular weight excluding hydrogens is 283 g/mol. The molecule has 1 amide bonds. The fourth-order valence-corrected chi connectivity index (χ4v) is 2.16. The van der Waals surface area contributed by atoms with Gasteiger partial charge in [-0.3, -0.25) is 4.79 Å². The molecule has 1 aromatic carbocycles. The molecule has 0 aliphatic rings. The average molecular weight is 303 g/mol. The number of aliphatic hydroxyl groups is 1. The van der Waals surface area contributed by atoms with Crippen molar-refractivity contribution < 1.29 is 23.1 Å². The van der Waals surface area contributed by atoms with Crippen LogP contribution in [0.4, 0.5) is 13.2 Å². The Kier molecular flexibility index (Phi) is 5.39. The van der Waals surface area contributed by atoms with Crippen molar-refractivity contribution in [3.05, 3.63) is 35.4 Å². The summed E-state index contributed by atoms with van der Waals surface area (Å²) in [7, 11) is 0. The van der Waals surface area contributed by atoms with Gasteiger partial charge in [0, 0.05) is 12.1 Å². The first kappa shape index (κ1) is 17.5. The Morgan fingerprint density at radius 3 is 2.48 bits per heavy atom. The highest BCUT2D eigenvalue weighted by Crippen LogP contribution is 2.29. The van der Waals surface area contributed by atoms with Crippen LogP contribution in [0.1, 0.15) is 43.1 Å². The first-order valence-electron chi connectivity index (χ1n) is 6.69. The van der Waals surface area contributed by atoms with Crippen molar-refractivity contribution in [2.75, 3.05) is 6.54 Å². The molecule has 0 bridgehead atoms. The van der Waals surface area contributed by atoms with E-state index in [0.717, 1.165) is 12.1 Å². The van der Waals surface area contributed by atoms with Crippen LogP contribution in [0.2, 0.25) is 0 Å². The van der Waals surface area contributed by atoms with Crippen molar-refractivity contribution in [3.63, 3.8) is 0 Å².